The van der Waals surface area contributed by atoms with Gasteiger partial charge in [-0.2, -0.15) is 0 Å². The molecule has 1 aromatic heterocycles. The van der Waals surface area contributed by atoms with Crippen LogP contribution in [0.25, 0.3) is 22.2 Å². The Morgan fingerprint density at radius 1 is 1.06 bits per heavy atom. The van der Waals surface area contributed by atoms with E-state index in [1.165, 1.54) is 11.6 Å². The van der Waals surface area contributed by atoms with Gasteiger partial charge in [0.25, 0.3) is 5.56 Å². The summed E-state index contributed by atoms with van der Waals surface area (Å²) < 4.78 is 0.437. The van der Waals surface area contributed by atoms with E-state index in [1.807, 2.05) is 36.4 Å². The highest BCUT2D eigenvalue weighted by Crippen LogP contribution is 2.21. The predicted octanol–water partition coefficient (Wildman–Crippen LogP) is 3.35. The summed E-state index contributed by atoms with van der Waals surface area (Å²) in [4.78, 5) is 18.5. The average molecular weight is 301 g/mol. The second-order valence-corrected chi connectivity index (χ2v) is 4.83. The summed E-state index contributed by atoms with van der Waals surface area (Å²) in [6, 6.07) is 14.1. The molecule has 0 saturated carbocycles. The number of rotatable bonds is 1. The van der Waals surface area contributed by atoms with E-state index < -0.39 is 0 Å². The molecule has 0 amide bonds. The number of H-pyrrole nitrogens is 1. The number of nitrogens with one attached hydrogen (secondary N) is 1. The third-order valence-electron chi connectivity index (χ3n) is 2.78. The smallest absolute Gasteiger partial charge is 0.265 e. The van der Waals surface area contributed by atoms with Gasteiger partial charge >= 0.3 is 0 Å². The molecule has 0 atom stereocenters. The second-order valence-electron chi connectivity index (χ2n) is 3.97. The van der Waals surface area contributed by atoms with Crippen molar-refractivity contribution in [1.29, 1.82) is 0 Å². The largest absolute Gasteiger partial charge is 0.306 e. The number of benzene rings is 2. The molecule has 1 heterocycles. The Bertz CT molecular complexity index is 780. The Kier molecular flexibility index (Phi) is 2.72. The maximum atomic E-state index is 11.5. The molecule has 0 saturated heterocycles. The summed E-state index contributed by atoms with van der Waals surface area (Å²) in [7, 11) is 0. The van der Waals surface area contributed by atoms with Gasteiger partial charge in [0, 0.05) is 11.8 Å². The summed E-state index contributed by atoms with van der Waals surface area (Å²) in [6.45, 7) is 0. The Hall–Kier alpha value is -1.94. The van der Waals surface area contributed by atoms with Crippen molar-refractivity contribution in [2.45, 2.75) is 0 Å². The van der Waals surface area contributed by atoms with Crippen molar-refractivity contribution in [2.24, 2.45) is 0 Å². The van der Waals surface area contributed by atoms with Crippen LogP contribution < -0.4 is 5.56 Å². The molecule has 1 N–H and O–H groups in total. The van der Waals surface area contributed by atoms with Gasteiger partial charge in [0.2, 0.25) is 0 Å². The maximum absolute atomic E-state index is 11.5. The van der Waals surface area contributed by atoms with Crippen molar-refractivity contribution >= 4 is 26.7 Å². The van der Waals surface area contributed by atoms with Gasteiger partial charge in [-0.05, 0) is 32.8 Å². The number of hydrogen-bond acceptors (Lipinski definition) is 2. The molecule has 4 heteroatoms. The average Bonchev–Trinajstić information content (AvgIpc) is 2.41. The van der Waals surface area contributed by atoms with E-state index in [0.717, 1.165) is 10.9 Å². The third kappa shape index (κ3) is 1.95. The van der Waals surface area contributed by atoms with Gasteiger partial charge in [-0.25, -0.2) is 4.98 Å². The molecule has 0 unspecified atom stereocenters. The fourth-order valence-corrected chi connectivity index (χ4v) is 2.06. The van der Waals surface area contributed by atoms with E-state index in [9.17, 15) is 4.79 Å². The highest BCUT2D eigenvalue weighted by atomic mass is 79.9. The molecule has 0 spiro atoms. The zero-order valence-corrected chi connectivity index (χ0v) is 10.9. The summed E-state index contributed by atoms with van der Waals surface area (Å²) >= 11 is 3.14. The van der Waals surface area contributed by atoms with Crippen LogP contribution in [0, 0.1) is 0 Å². The lowest BCUT2D eigenvalue weighted by Crippen LogP contribution is -2.08. The lowest BCUT2D eigenvalue weighted by Gasteiger charge is -2.03. The van der Waals surface area contributed by atoms with Crippen LogP contribution in [0.5, 0.6) is 0 Å². The highest BCUT2D eigenvalue weighted by Gasteiger charge is 2.03. The van der Waals surface area contributed by atoms with Crippen LogP contribution in [0.15, 0.2) is 57.9 Å². The zero-order chi connectivity index (χ0) is 12.5. The zero-order valence-electron chi connectivity index (χ0n) is 9.35. The molecule has 3 rings (SSSR count). The number of fused-ring (bicyclic) bond motifs is 1. The van der Waals surface area contributed by atoms with Gasteiger partial charge in [-0.15, -0.1) is 0 Å². The van der Waals surface area contributed by atoms with Gasteiger partial charge in [0.15, 0.2) is 0 Å². The summed E-state index contributed by atoms with van der Waals surface area (Å²) in [6.07, 6.45) is 1.52. The molecule has 3 aromatic rings. The lowest BCUT2D eigenvalue weighted by atomic mass is 10.1. The first-order valence-electron chi connectivity index (χ1n) is 5.48. The number of aromatic nitrogens is 2. The minimum Gasteiger partial charge on any atom is -0.306 e. The summed E-state index contributed by atoms with van der Waals surface area (Å²) in [5.74, 6) is 0.578. The van der Waals surface area contributed by atoms with Crippen LogP contribution >= 0.6 is 15.9 Å². The van der Waals surface area contributed by atoms with Crippen molar-refractivity contribution in [3.63, 3.8) is 0 Å². The van der Waals surface area contributed by atoms with Crippen molar-refractivity contribution in [2.75, 3.05) is 0 Å². The van der Waals surface area contributed by atoms with E-state index in [4.69, 9.17) is 0 Å². The maximum Gasteiger partial charge on any atom is 0.265 e. The molecule has 0 bridgehead atoms. The minimum absolute atomic E-state index is 0.173. The van der Waals surface area contributed by atoms with Crippen molar-refractivity contribution in [1.82, 2.24) is 9.97 Å². The first-order chi connectivity index (χ1) is 8.74. The Labute approximate surface area is 112 Å². The Balaban J connectivity index is 2.19. The molecule has 88 valence electrons. The van der Waals surface area contributed by atoms with Crippen LogP contribution in [0.4, 0.5) is 0 Å². The minimum atomic E-state index is -0.173. The predicted molar refractivity (Wildman–Crippen MR) is 75.5 cm³/mol. The summed E-state index contributed by atoms with van der Waals surface area (Å²) in [5, 5.41) is 2.29. The molecule has 18 heavy (non-hydrogen) atoms. The standard InChI is InChI=1S/C14H9BrN2O/c15-12-8-16-13(17-14(12)18)11-6-5-9-3-1-2-4-10(9)7-11/h1-8H,(H,16,17,18). The first kappa shape index (κ1) is 11.2. The SMILES string of the molecule is O=c1[nH]c(-c2ccc3ccccc3c2)ncc1Br. The van der Waals surface area contributed by atoms with E-state index >= 15 is 0 Å². The van der Waals surface area contributed by atoms with Crippen molar-refractivity contribution in [3.05, 3.63) is 63.5 Å². The number of nitrogens with zero attached hydrogens (tertiary/aromatic N) is 1. The van der Waals surface area contributed by atoms with Gasteiger partial charge in [-0.1, -0.05) is 36.4 Å². The van der Waals surface area contributed by atoms with Crippen LogP contribution in [0.3, 0.4) is 0 Å². The fraction of sp³-hybridized carbons (Fsp3) is 0. The van der Waals surface area contributed by atoms with Crippen molar-refractivity contribution < 1.29 is 0 Å². The molecule has 0 aliphatic rings. The normalized spacial score (nSPS) is 10.7. The quantitative estimate of drug-likeness (QED) is 0.749. The molecule has 2 aromatic carbocycles. The monoisotopic (exact) mass is 300 g/mol. The number of hydrogen-bond donors (Lipinski definition) is 1. The topological polar surface area (TPSA) is 45.8 Å². The van der Waals surface area contributed by atoms with Crippen LogP contribution in [0.2, 0.25) is 0 Å². The van der Waals surface area contributed by atoms with Gasteiger partial charge in [0.05, 0.1) is 0 Å². The Morgan fingerprint density at radius 2 is 1.83 bits per heavy atom. The molecule has 0 aliphatic carbocycles. The second kappa shape index (κ2) is 4.38. The van der Waals surface area contributed by atoms with E-state index in [1.54, 1.807) is 0 Å². The molecule has 3 nitrogen and oxygen atoms in total. The van der Waals surface area contributed by atoms with E-state index in [0.29, 0.717) is 10.3 Å². The third-order valence-corrected chi connectivity index (χ3v) is 3.34. The van der Waals surface area contributed by atoms with Gasteiger partial charge in [-0.3, -0.25) is 4.79 Å². The molecule has 0 aliphatic heterocycles. The molecule has 0 fully saturated rings. The van der Waals surface area contributed by atoms with Crippen LogP contribution in [-0.2, 0) is 0 Å². The molecular formula is C14H9BrN2O. The molecular weight excluding hydrogens is 292 g/mol. The van der Waals surface area contributed by atoms with Crippen LogP contribution in [-0.4, -0.2) is 9.97 Å². The highest BCUT2D eigenvalue weighted by molar-refractivity contribution is 9.10. The summed E-state index contributed by atoms with van der Waals surface area (Å²) in [5.41, 5.74) is 0.728. The van der Waals surface area contributed by atoms with E-state index in [-0.39, 0.29) is 5.56 Å². The van der Waals surface area contributed by atoms with Crippen molar-refractivity contribution in [3.8, 4) is 11.4 Å². The van der Waals surface area contributed by atoms with E-state index in [2.05, 4.69) is 32.0 Å². The fourth-order valence-electron chi connectivity index (χ4n) is 1.86. The number of halogens is 1. The number of aromatic amines is 1. The molecule has 0 radical (unpaired) electrons. The Morgan fingerprint density at radius 3 is 2.61 bits per heavy atom. The lowest BCUT2D eigenvalue weighted by molar-refractivity contribution is 1.11. The van der Waals surface area contributed by atoms with Gasteiger partial charge in [0.1, 0.15) is 10.3 Å². The first-order valence-corrected chi connectivity index (χ1v) is 6.27. The van der Waals surface area contributed by atoms with Gasteiger partial charge < -0.3 is 4.98 Å². The van der Waals surface area contributed by atoms with Crippen LogP contribution in [0.1, 0.15) is 0 Å².